The van der Waals surface area contributed by atoms with Crippen LogP contribution in [0.5, 0.6) is 5.75 Å². The highest BCUT2D eigenvalue weighted by Crippen LogP contribution is 2.19. The van der Waals surface area contributed by atoms with Crippen LogP contribution in [0.4, 0.5) is 0 Å². The molecule has 0 saturated carbocycles. The number of hydrogen-bond donors (Lipinski definition) is 2. The van der Waals surface area contributed by atoms with Crippen LogP contribution in [0.2, 0.25) is 0 Å². The molecule has 17 heavy (non-hydrogen) atoms. The molecule has 1 aromatic rings. The molecule has 0 saturated heterocycles. The minimum atomic E-state index is -0.582. The van der Waals surface area contributed by atoms with Crippen molar-refractivity contribution in [1.29, 1.82) is 0 Å². The van der Waals surface area contributed by atoms with Gasteiger partial charge < -0.3 is 14.7 Å². The minimum Gasteiger partial charge on any atom is -0.491 e. The molecule has 0 fully saturated rings. The summed E-state index contributed by atoms with van der Waals surface area (Å²) in [6.07, 6.45) is -0.582. The van der Waals surface area contributed by atoms with E-state index in [1.807, 2.05) is 39.0 Å². The quantitative estimate of drug-likeness (QED) is 0.560. The molecular formula is C13H21NO3. The molecule has 0 aromatic heterocycles. The number of aliphatic hydroxyl groups is 1. The zero-order chi connectivity index (χ0) is 12.7. The molecule has 0 aliphatic heterocycles. The van der Waals surface area contributed by atoms with Gasteiger partial charge in [0.15, 0.2) is 0 Å². The largest absolute Gasteiger partial charge is 0.491 e. The summed E-state index contributed by atoms with van der Waals surface area (Å²) in [4.78, 5) is 4.93. The molecule has 0 radical (unpaired) electrons. The van der Waals surface area contributed by atoms with Crippen LogP contribution in [0.1, 0.15) is 18.1 Å². The van der Waals surface area contributed by atoms with Gasteiger partial charge in [-0.05, 0) is 38.0 Å². The Morgan fingerprint density at radius 2 is 2.12 bits per heavy atom. The highest BCUT2D eigenvalue weighted by atomic mass is 16.6. The molecule has 1 unspecified atom stereocenters. The van der Waals surface area contributed by atoms with Crippen LogP contribution < -0.4 is 10.2 Å². The van der Waals surface area contributed by atoms with Gasteiger partial charge in [-0.25, -0.2) is 0 Å². The molecule has 2 N–H and O–H groups in total. The predicted octanol–water partition coefficient (Wildman–Crippen LogP) is 1.58. The maximum atomic E-state index is 9.63. The summed E-state index contributed by atoms with van der Waals surface area (Å²) in [5.74, 6) is 0.820. The van der Waals surface area contributed by atoms with Crippen molar-refractivity contribution in [3.8, 4) is 5.75 Å². The van der Waals surface area contributed by atoms with Crippen LogP contribution in [0.3, 0.4) is 0 Å². The number of hydroxylamine groups is 1. The Morgan fingerprint density at radius 3 is 2.82 bits per heavy atom. The van der Waals surface area contributed by atoms with Crippen molar-refractivity contribution in [1.82, 2.24) is 5.48 Å². The molecule has 1 aromatic carbocycles. The molecule has 0 aliphatic rings. The summed E-state index contributed by atoms with van der Waals surface area (Å²) in [7, 11) is 0. The van der Waals surface area contributed by atoms with Crippen molar-refractivity contribution in [2.75, 3.05) is 19.8 Å². The maximum Gasteiger partial charge on any atom is 0.122 e. The highest BCUT2D eigenvalue weighted by Gasteiger charge is 2.06. The van der Waals surface area contributed by atoms with E-state index in [-0.39, 0.29) is 6.61 Å². The van der Waals surface area contributed by atoms with Crippen molar-refractivity contribution >= 4 is 0 Å². The summed E-state index contributed by atoms with van der Waals surface area (Å²) in [5.41, 5.74) is 4.88. The van der Waals surface area contributed by atoms with E-state index in [1.165, 1.54) is 0 Å². The lowest BCUT2D eigenvalue weighted by Gasteiger charge is -2.14. The molecule has 0 heterocycles. The standard InChI is InChI=1S/C13H21NO3/c1-4-17-14-8-12(15)9-16-13-7-10(2)5-6-11(13)3/h5-7,12,14-15H,4,8-9H2,1-3H3. The maximum absolute atomic E-state index is 9.63. The van der Waals surface area contributed by atoms with Gasteiger partial charge in [0, 0.05) is 0 Å². The zero-order valence-electron chi connectivity index (χ0n) is 10.7. The Balaban J connectivity index is 2.36. The fraction of sp³-hybridized carbons (Fsp3) is 0.538. The molecule has 4 heteroatoms. The lowest BCUT2D eigenvalue weighted by molar-refractivity contribution is 0.00942. The number of aliphatic hydroxyl groups excluding tert-OH is 1. The fourth-order valence-electron chi connectivity index (χ4n) is 1.36. The van der Waals surface area contributed by atoms with E-state index in [1.54, 1.807) is 0 Å². The molecule has 0 spiro atoms. The number of nitrogens with one attached hydrogen (secondary N) is 1. The third-order valence-electron chi connectivity index (χ3n) is 2.34. The van der Waals surface area contributed by atoms with Gasteiger partial charge >= 0.3 is 0 Å². The average molecular weight is 239 g/mol. The number of aryl methyl sites for hydroxylation is 2. The first-order valence-corrected chi connectivity index (χ1v) is 5.86. The van der Waals surface area contributed by atoms with E-state index in [2.05, 4.69) is 5.48 Å². The SMILES string of the molecule is CCONCC(O)COc1cc(C)ccc1C. The van der Waals surface area contributed by atoms with Crippen LogP contribution in [0, 0.1) is 13.8 Å². The Labute approximate surface area is 103 Å². The second-order valence-electron chi connectivity index (χ2n) is 4.02. The minimum absolute atomic E-state index is 0.254. The molecule has 4 nitrogen and oxygen atoms in total. The molecule has 1 atom stereocenters. The first-order chi connectivity index (χ1) is 8.13. The predicted molar refractivity (Wildman–Crippen MR) is 67.0 cm³/mol. The molecule has 0 amide bonds. The summed E-state index contributed by atoms with van der Waals surface area (Å²) < 4.78 is 5.56. The van der Waals surface area contributed by atoms with Crippen LogP contribution >= 0.6 is 0 Å². The number of ether oxygens (including phenoxy) is 1. The average Bonchev–Trinajstić information content (AvgIpc) is 2.31. The van der Waals surface area contributed by atoms with Gasteiger partial charge in [0.1, 0.15) is 18.5 Å². The normalized spacial score (nSPS) is 12.5. The van der Waals surface area contributed by atoms with Crippen molar-refractivity contribution in [2.24, 2.45) is 0 Å². The van der Waals surface area contributed by atoms with Gasteiger partial charge in [0.05, 0.1) is 13.2 Å². The number of benzene rings is 1. The van der Waals surface area contributed by atoms with E-state index in [9.17, 15) is 5.11 Å². The number of rotatable bonds is 7. The van der Waals surface area contributed by atoms with Crippen molar-refractivity contribution in [3.05, 3.63) is 29.3 Å². The lowest BCUT2D eigenvalue weighted by atomic mass is 10.1. The molecule has 0 bridgehead atoms. The van der Waals surface area contributed by atoms with Gasteiger partial charge in [-0.2, -0.15) is 5.48 Å². The smallest absolute Gasteiger partial charge is 0.122 e. The fourth-order valence-corrected chi connectivity index (χ4v) is 1.36. The Kier molecular flexibility index (Phi) is 5.97. The van der Waals surface area contributed by atoms with Crippen LogP contribution in [0.15, 0.2) is 18.2 Å². The monoisotopic (exact) mass is 239 g/mol. The van der Waals surface area contributed by atoms with Gasteiger partial charge in [-0.1, -0.05) is 12.1 Å². The highest BCUT2D eigenvalue weighted by molar-refractivity contribution is 5.35. The second kappa shape index (κ2) is 7.27. The Morgan fingerprint density at radius 1 is 1.35 bits per heavy atom. The van der Waals surface area contributed by atoms with Gasteiger partial charge in [-0.3, -0.25) is 0 Å². The van der Waals surface area contributed by atoms with E-state index in [0.717, 1.165) is 16.9 Å². The topological polar surface area (TPSA) is 50.7 Å². The third-order valence-corrected chi connectivity index (χ3v) is 2.34. The summed E-state index contributed by atoms with van der Waals surface area (Å²) in [5, 5.41) is 9.63. The van der Waals surface area contributed by atoms with E-state index in [0.29, 0.717) is 13.2 Å². The van der Waals surface area contributed by atoms with Crippen LogP contribution in [-0.4, -0.2) is 31.0 Å². The van der Waals surface area contributed by atoms with Crippen LogP contribution in [0.25, 0.3) is 0 Å². The van der Waals surface area contributed by atoms with E-state index in [4.69, 9.17) is 9.57 Å². The summed E-state index contributed by atoms with van der Waals surface area (Å²) in [6, 6.07) is 6.02. The molecule has 1 rings (SSSR count). The van der Waals surface area contributed by atoms with Crippen LogP contribution in [-0.2, 0) is 4.84 Å². The van der Waals surface area contributed by atoms with Gasteiger partial charge in [-0.15, -0.1) is 0 Å². The molecular weight excluding hydrogens is 218 g/mol. The number of hydrogen-bond acceptors (Lipinski definition) is 4. The first-order valence-electron chi connectivity index (χ1n) is 5.86. The second-order valence-corrected chi connectivity index (χ2v) is 4.02. The lowest BCUT2D eigenvalue weighted by Crippen LogP contribution is -2.31. The summed E-state index contributed by atoms with van der Waals surface area (Å²) in [6.45, 7) is 7.07. The first kappa shape index (κ1) is 14.0. The van der Waals surface area contributed by atoms with Gasteiger partial charge in [0.25, 0.3) is 0 Å². The van der Waals surface area contributed by atoms with Crippen molar-refractivity contribution in [3.63, 3.8) is 0 Å². The summed E-state index contributed by atoms with van der Waals surface area (Å²) >= 11 is 0. The van der Waals surface area contributed by atoms with E-state index >= 15 is 0 Å². The zero-order valence-corrected chi connectivity index (χ0v) is 10.7. The Hall–Kier alpha value is -1.10. The third kappa shape index (κ3) is 5.17. The van der Waals surface area contributed by atoms with Crippen molar-refractivity contribution < 1.29 is 14.7 Å². The molecule has 0 aliphatic carbocycles. The van der Waals surface area contributed by atoms with Gasteiger partial charge in [0.2, 0.25) is 0 Å². The molecule has 96 valence electrons. The van der Waals surface area contributed by atoms with E-state index < -0.39 is 6.10 Å². The van der Waals surface area contributed by atoms with Crippen molar-refractivity contribution in [2.45, 2.75) is 26.9 Å². The Bertz CT molecular complexity index is 341.